The van der Waals surface area contributed by atoms with Crippen LogP contribution < -0.4 is 28.9 Å². The van der Waals surface area contributed by atoms with Gasteiger partial charge in [0.15, 0.2) is 0 Å². The fourth-order valence-corrected chi connectivity index (χ4v) is 13.6. The first-order chi connectivity index (χ1) is 41.6. The number of benzene rings is 8. The minimum atomic E-state index is -0.188. The average molecular weight is 1220 g/mol. The maximum atomic E-state index is 7.64. The van der Waals surface area contributed by atoms with Gasteiger partial charge in [0.2, 0.25) is 0 Å². The van der Waals surface area contributed by atoms with Crippen LogP contribution in [-0.2, 0) is 39.4 Å². The molecule has 0 spiro atoms. The molecule has 8 bridgehead atoms. The summed E-state index contributed by atoms with van der Waals surface area (Å²) in [4.78, 5) is 23.9. The van der Waals surface area contributed by atoms with Gasteiger partial charge >= 0.3 is 20.4 Å². The van der Waals surface area contributed by atoms with Gasteiger partial charge in [0.25, 0.3) is 0 Å². The van der Waals surface area contributed by atoms with Crippen molar-refractivity contribution in [2.45, 2.75) is 75.8 Å². The second-order valence-electron chi connectivity index (χ2n) is 23.3. The van der Waals surface area contributed by atoms with Gasteiger partial charge < -0.3 is 47.9 Å². The third kappa shape index (κ3) is 9.30. The summed E-state index contributed by atoms with van der Waals surface area (Å²) in [5.41, 5.74) is 9.04. The molecule has 13 heteroatoms. The van der Waals surface area contributed by atoms with E-state index < -0.39 is 0 Å². The van der Waals surface area contributed by atoms with Crippen molar-refractivity contribution in [3.8, 4) is 68.0 Å². The Labute approximate surface area is 504 Å². The molecule has 10 aromatic rings. The van der Waals surface area contributed by atoms with Crippen molar-refractivity contribution in [2.75, 3.05) is 52.9 Å². The number of ether oxygens (including phenoxy) is 8. The third-order valence-electron chi connectivity index (χ3n) is 18.0. The number of aromatic nitrogens is 4. The molecule has 6 aliphatic heterocycles. The Morgan fingerprint density at radius 3 is 0.706 bits per heavy atom. The van der Waals surface area contributed by atoms with Gasteiger partial charge in [-0.3, -0.25) is 0 Å². The zero-order valence-electron chi connectivity index (χ0n) is 46.9. The SMILES string of the molecule is [Pd+2].c1ccc2cc3c(cc2c1)-c1nc-3c(OC2CCOCC2)c2[n-]c(c(OC3CCOCC3)c3nc(c(OC4CCOCC4)c4[n-]c(c1OC1CCOCC1)c1cc5ccccc5cc41)-c1cc4ccccc4cc1-3)c1cc3ccccc3cc21. The number of hydrogen-bond acceptors (Lipinski definition) is 10. The van der Waals surface area contributed by atoms with Gasteiger partial charge in [-0.2, -0.15) is 0 Å². The summed E-state index contributed by atoms with van der Waals surface area (Å²) in [6, 6.07) is 52.3. The van der Waals surface area contributed by atoms with Crippen molar-refractivity contribution in [3.05, 3.63) is 146 Å². The zero-order chi connectivity index (χ0) is 55.2. The molecule has 8 aromatic carbocycles. The molecule has 7 aliphatic rings. The van der Waals surface area contributed by atoms with E-state index in [1.807, 2.05) is 0 Å². The van der Waals surface area contributed by atoms with E-state index in [4.69, 9.17) is 57.8 Å². The van der Waals surface area contributed by atoms with Crippen LogP contribution in [0.1, 0.15) is 51.4 Å². The van der Waals surface area contributed by atoms with Crippen LogP contribution >= 0.6 is 0 Å². The van der Waals surface area contributed by atoms with Crippen LogP contribution in [0.25, 0.3) is 132 Å². The number of nitrogens with zero attached hydrogens (tertiary/aromatic N) is 4. The molecule has 12 nitrogen and oxygen atoms in total. The molecule has 17 rings (SSSR count). The molecule has 0 unspecified atom stereocenters. The second-order valence-corrected chi connectivity index (χ2v) is 23.3. The average Bonchev–Trinajstić information content (AvgIpc) is 2.16. The van der Waals surface area contributed by atoms with E-state index in [0.29, 0.717) is 172 Å². The Morgan fingerprint density at radius 1 is 0.294 bits per heavy atom. The standard InChI is InChI=1S/C72H60N4O8.Pd/c1-2-10-42-34-54-53(33-41(42)9-1)61-69(81-49-17-25-77-26-18-49)63-55-35-43-11-3-4-12-44(43)36-56(55)65(74-63)71(83-51-21-29-79-30-22-51)67-59-39-47-15-7-8-16-48(47)40-60(59)68(76-67)72(84-52-23-31-80-32-24-52)66-58-38-46-14-6-5-13-45(46)37-57(58)64(75-66)70(62(54)73-61)82-50-19-27-78-28-20-50;/h1-16,33-40,49-52H,17-32H2;/q-2;+2. The molecule has 4 saturated heterocycles. The Kier molecular flexibility index (Phi) is 13.6. The maximum absolute atomic E-state index is 7.64. The number of fused-ring (bicyclic) bond motifs is 4. The first-order valence-corrected chi connectivity index (χ1v) is 30.1. The van der Waals surface area contributed by atoms with Crippen molar-refractivity contribution in [1.29, 1.82) is 0 Å². The number of rotatable bonds is 8. The monoisotopic (exact) mass is 1210 g/mol. The fourth-order valence-electron chi connectivity index (χ4n) is 13.6. The quantitative estimate of drug-likeness (QED) is 0.134. The van der Waals surface area contributed by atoms with E-state index >= 15 is 0 Å². The van der Waals surface area contributed by atoms with Crippen LogP contribution in [0.2, 0.25) is 0 Å². The number of hydrogen-bond donors (Lipinski definition) is 0. The summed E-state index contributed by atoms with van der Waals surface area (Å²) in [6.45, 7) is 4.66. The van der Waals surface area contributed by atoms with Gasteiger partial charge in [0.05, 0.1) is 52.9 Å². The summed E-state index contributed by atoms with van der Waals surface area (Å²) >= 11 is 0. The molecule has 0 amide bonds. The van der Waals surface area contributed by atoms with Crippen molar-refractivity contribution >= 4 is 86.7 Å². The van der Waals surface area contributed by atoms with Gasteiger partial charge in [0.1, 0.15) is 70.2 Å². The van der Waals surface area contributed by atoms with Crippen molar-refractivity contribution in [3.63, 3.8) is 0 Å². The summed E-state index contributed by atoms with van der Waals surface area (Å²) < 4.78 is 54.6. The maximum Gasteiger partial charge on any atom is 2.00 e. The third-order valence-corrected chi connectivity index (χ3v) is 18.0. The summed E-state index contributed by atoms with van der Waals surface area (Å²) in [5, 5.41) is 12.3. The Bertz CT molecular complexity index is 4070. The van der Waals surface area contributed by atoms with Gasteiger partial charge in [0, 0.05) is 73.6 Å². The van der Waals surface area contributed by atoms with E-state index in [2.05, 4.69) is 146 Å². The molecular weight excluding hydrogens is 1160 g/mol. The Balaban J connectivity index is 0.00000588. The van der Waals surface area contributed by atoms with Crippen LogP contribution in [-0.4, -0.2) is 87.2 Å². The predicted molar refractivity (Wildman–Crippen MR) is 331 cm³/mol. The van der Waals surface area contributed by atoms with Gasteiger partial charge in [-0.15, -0.1) is 0 Å². The van der Waals surface area contributed by atoms with Crippen molar-refractivity contribution in [1.82, 2.24) is 19.9 Å². The normalized spacial score (nSPS) is 17.1. The molecule has 0 N–H and O–H groups in total. The molecule has 426 valence electrons. The summed E-state index contributed by atoms with van der Waals surface area (Å²) in [5.74, 6) is 2.34. The summed E-state index contributed by atoms with van der Waals surface area (Å²) in [6.07, 6.45) is 4.88. The van der Waals surface area contributed by atoms with Crippen molar-refractivity contribution in [2.24, 2.45) is 0 Å². The molecule has 85 heavy (non-hydrogen) atoms. The second kappa shape index (κ2) is 21.9. The zero-order valence-corrected chi connectivity index (χ0v) is 48.4. The van der Waals surface area contributed by atoms with E-state index in [0.717, 1.165) is 86.9 Å². The van der Waals surface area contributed by atoms with Crippen LogP contribution in [0.5, 0.6) is 23.0 Å². The van der Waals surface area contributed by atoms with Crippen LogP contribution in [0.3, 0.4) is 0 Å². The molecule has 1 aliphatic carbocycles. The summed E-state index contributed by atoms with van der Waals surface area (Å²) in [7, 11) is 0. The largest absolute Gasteiger partial charge is 2.00 e. The van der Waals surface area contributed by atoms with Crippen LogP contribution in [0.15, 0.2) is 146 Å². The topological polar surface area (TPSA) is 128 Å². The molecule has 0 atom stereocenters. The molecule has 2 aromatic heterocycles. The molecule has 4 fully saturated rings. The predicted octanol–water partition coefficient (Wildman–Crippen LogP) is 15.4. The Morgan fingerprint density at radius 2 is 0.494 bits per heavy atom. The first kappa shape index (κ1) is 52.7. The smallest absolute Gasteiger partial charge is 0.651 e. The minimum absolute atomic E-state index is 0. The van der Waals surface area contributed by atoms with E-state index in [1.165, 1.54) is 0 Å². The molecule has 0 radical (unpaired) electrons. The van der Waals surface area contributed by atoms with Crippen molar-refractivity contribution < 1.29 is 58.3 Å². The van der Waals surface area contributed by atoms with Gasteiger partial charge in [-0.05, 0) is 113 Å². The van der Waals surface area contributed by atoms with Gasteiger partial charge in [-0.25, -0.2) is 9.97 Å². The molecule has 8 heterocycles. The minimum Gasteiger partial charge on any atom is -0.651 e. The van der Waals surface area contributed by atoms with Crippen LogP contribution in [0, 0.1) is 0 Å². The van der Waals surface area contributed by atoms with E-state index in [1.54, 1.807) is 0 Å². The molecular formula is C72H60N4O8Pd. The molecule has 0 saturated carbocycles. The van der Waals surface area contributed by atoms with E-state index in [9.17, 15) is 0 Å². The first-order valence-electron chi connectivity index (χ1n) is 30.1. The van der Waals surface area contributed by atoms with E-state index in [-0.39, 0.29) is 44.8 Å². The fraction of sp³-hybridized carbons (Fsp3) is 0.278. The van der Waals surface area contributed by atoms with Gasteiger partial charge in [-0.1, -0.05) is 119 Å². The van der Waals surface area contributed by atoms with Crippen LogP contribution in [0.4, 0.5) is 0 Å². The Hall–Kier alpha value is -7.86.